The molecule has 0 radical (unpaired) electrons. The minimum atomic E-state index is 1.18. The summed E-state index contributed by atoms with van der Waals surface area (Å²) in [7, 11) is 0. The van der Waals surface area contributed by atoms with Crippen molar-refractivity contribution in [2.24, 2.45) is 0 Å². The van der Waals surface area contributed by atoms with Crippen molar-refractivity contribution in [2.45, 2.75) is 0 Å². The molecule has 492 valence electrons. The Hall–Kier alpha value is -13.4. The van der Waals surface area contributed by atoms with Gasteiger partial charge in [0, 0.05) is 106 Å². The molecule has 18 aromatic carbocycles. The molecule has 24 aromatic rings. The summed E-state index contributed by atoms with van der Waals surface area (Å²) < 4.78 is 15.1. The summed E-state index contributed by atoms with van der Waals surface area (Å²) in [5, 5.41) is 25.4. The number of nitrogens with zero attached hydrogens (tertiary/aromatic N) is 4. The smallest absolute Gasteiger partial charge is 0.0555 e. The van der Waals surface area contributed by atoms with Crippen LogP contribution in [0, 0.1) is 0 Å². The summed E-state index contributed by atoms with van der Waals surface area (Å²) in [6.07, 6.45) is 0. The van der Waals surface area contributed by atoms with Crippen molar-refractivity contribution >= 4 is 193 Å². The van der Waals surface area contributed by atoms with Crippen molar-refractivity contribution in [3.05, 3.63) is 364 Å². The van der Waals surface area contributed by atoms with Gasteiger partial charge in [-0.25, -0.2) is 0 Å². The Kier molecular flexibility index (Phi) is 12.9. The number of fused-ring (bicyclic) bond motifs is 22. The fourth-order valence-corrected chi connectivity index (χ4v) is 19.8. The predicted molar refractivity (Wildman–Crippen MR) is 457 cm³/mol. The standard InChI is InChI=1S/2C50H30N2S/c1-3-11-33-25-37(21-17-31(33)9-1)51-45-15-7-5-13-39(45)41-27-35(19-23-46(41)51)36-20-24-47-42(28-36)43-30-50-44(40-14-6-8-16-49(40)53-50)29-48(43)52(47)38-22-18-32-10-2-4-12-34(32)26-38;1-3-11-33-25-37(21-17-31(33)9-1)51-45-15-7-5-13-39(45)41-27-35(19-23-46(41)51)36-20-24-47-42(28-36)43-29-44-40-14-6-8-16-49(40)53-50(44)30-48(43)52(47)38-22-18-32-10-2-4-12-34(32)26-38/h2*1-30H. The van der Waals surface area contributed by atoms with Crippen LogP contribution in [-0.2, 0) is 0 Å². The molecule has 6 heteroatoms. The SMILES string of the molecule is c1ccc2cc(-n3c4ccccc4c4cc(-c5ccc6c(c5)c5cc7c(cc5n6-c5ccc6ccccc6c5)sc5ccccc57)ccc43)ccc2c1.c1ccc2cc(-n3c4ccccc4c4cc(-c5ccc6c(c5)c5cc7sc8ccccc8c7cc5n6-c5ccc6ccccc6c5)ccc43)ccc2c1. The van der Waals surface area contributed by atoms with Crippen LogP contribution >= 0.6 is 22.7 Å². The lowest BCUT2D eigenvalue weighted by molar-refractivity contribution is 1.19. The molecule has 0 saturated heterocycles. The first kappa shape index (κ1) is 59.2. The maximum Gasteiger partial charge on any atom is 0.0555 e. The summed E-state index contributed by atoms with van der Waals surface area (Å²) >= 11 is 3.76. The monoisotopic (exact) mass is 1380 g/mol. The van der Waals surface area contributed by atoms with Crippen molar-refractivity contribution in [3.8, 4) is 45.0 Å². The van der Waals surface area contributed by atoms with Crippen LogP contribution in [0.2, 0.25) is 0 Å². The highest BCUT2D eigenvalue weighted by Crippen LogP contribution is 2.46. The number of hydrogen-bond donors (Lipinski definition) is 0. The minimum absolute atomic E-state index is 1.18. The Bertz CT molecular complexity index is 7850. The lowest BCUT2D eigenvalue weighted by Crippen LogP contribution is -1.94. The van der Waals surface area contributed by atoms with Gasteiger partial charge in [-0.05, 0) is 211 Å². The van der Waals surface area contributed by atoms with Gasteiger partial charge in [0.1, 0.15) is 0 Å². The Labute approximate surface area is 616 Å². The quantitative estimate of drug-likeness (QED) is 0.158. The zero-order valence-corrected chi connectivity index (χ0v) is 58.9. The predicted octanol–water partition coefficient (Wildman–Crippen LogP) is 28.4. The molecule has 0 bridgehead atoms. The number of para-hydroxylation sites is 2. The Morgan fingerprint density at radius 2 is 0.415 bits per heavy atom. The van der Waals surface area contributed by atoms with Crippen LogP contribution in [-0.4, -0.2) is 18.3 Å². The zero-order valence-electron chi connectivity index (χ0n) is 57.2. The second-order valence-corrected chi connectivity index (χ2v) is 30.5. The van der Waals surface area contributed by atoms with Gasteiger partial charge in [0.2, 0.25) is 0 Å². The van der Waals surface area contributed by atoms with Crippen molar-refractivity contribution in [3.63, 3.8) is 0 Å². The largest absolute Gasteiger partial charge is 0.309 e. The zero-order chi connectivity index (χ0) is 69.2. The average Bonchev–Trinajstić information content (AvgIpc) is 1.57. The molecule has 0 aliphatic rings. The van der Waals surface area contributed by atoms with Gasteiger partial charge < -0.3 is 18.3 Å². The first-order valence-corrected chi connectivity index (χ1v) is 38.0. The summed E-state index contributed by atoms with van der Waals surface area (Å²) in [5.41, 5.74) is 19.4. The first-order valence-electron chi connectivity index (χ1n) is 36.3. The third kappa shape index (κ3) is 9.12. The minimum Gasteiger partial charge on any atom is -0.309 e. The third-order valence-corrected chi connectivity index (χ3v) is 24.8. The van der Waals surface area contributed by atoms with Crippen molar-refractivity contribution < 1.29 is 0 Å². The number of rotatable bonds is 6. The van der Waals surface area contributed by atoms with E-state index in [4.69, 9.17) is 0 Å². The van der Waals surface area contributed by atoms with E-state index in [9.17, 15) is 0 Å². The molecule has 6 aromatic heterocycles. The second-order valence-electron chi connectivity index (χ2n) is 28.4. The van der Waals surface area contributed by atoms with Crippen LogP contribution in [0.5, 0.6) is 0 Å². The fraction of sp³-hybridized carbons (Fsp3) is 0. The van der Waals surface area contributed by atoms with Gasteiger partial charge in [-0.1, -0.05) is 218 Å². The average molecular weight is 1380 g/mol. The Balaban J connectivity index is 0.000000129. The molecule has 6 heterocycles. The van der Waals surface area contributed by atoms with E-state index in [1.54, 1.807) is 0 Å². The molecule has 0 amide bonds. The topological polar surface area (TPSA) is 19.7 Å². The molecule has 0 saturated carbocycles. The molecule has 0 N–H and O–H groups in total. The van der Waals surface area contributed by atoms with Gasteiger partial charge in [-0.2, -0.15) is 0 Å². The molecule has 4 nitrogen and oxygen atoms in total. The van der Waals surface area contributed by atoms with Gasteiger partial charge in [0.25, 0.3) is 0 Å². The van der Waals surface area contributed by atoms with E-state index in [2.05, 4.69) is 382 Å². The lowest BCUT2D eigenvalue weighted by atomic mass is 10.00. The van der Waals surface area contributed by atoms with Crippen LogP contribution in [0.1, 0.15) is 0 Å². The summed E-state index contributed by atoms with van der Waals surface area (Å²) in [4.78, 5) is 0. The highest BCUT2D eigenvalue weighted by atomic mass is 32.1. The van der Waals surface area contributed by atoms with Crippen LogP contribution in [0.15, 0.2) is 364 Å². The highest BCUT2D eigenvalue weighted by molar-refractivity contribution is 7.26. The summed E-state index contributed by atoms with van der Waals surface area (Å²) in [6, 6.07) is 135. The number of benzene rings is 18. The molecular formula is C100H60N4S2. The maximum atomic E-state index is 2.47. The summed E-state index contributed by atoms with van der Waals surface area (Å²) in [5.74, 6) is 0. The first-order chi connectivity index (χ1) is 52.5. The number of hydrogen-bond acceptors (Lipinski definition) is 2. The fourth-order valence-electron chi connectivity index (χ4n) is 17.5. The number of aromatic nitrogens is 4. The van der Waals surface area contributed by atoms with Gasteiger partial charge in [-0.15, -0.1) is 22.7 Å². The van der Waals surface area contributed by atoms with Crippen molar-refractivity contribution in [1.82, 2.24) is 18.3 Å². The van der Waals surface area contributed by atoms with Gasteiger partial charge >= 0.3 is 0 Å². The molecule has 0 fully saturated rings. The van der Waals surface area contributed by atoms with Crippen LogP contribution in [0.3, 0.4) is 0 Å². The van der Waals surface area contributed by atoms with Crippen LogP contribution < -0.4 is 0 Å². The van der Waals surface area contributed by atoms with Crippen LogP contribution in [0.25, 0.3) is 216 Å². The van der Waals surface area contributed by atoms with Crippen molar-refractivity contribution in [1.29, 1.82) is 0 Å². The van der Waals surface area contributed by atoms with Gasteiger partial charge in [0.05, 0.1) is 44.1 Å². The molecule has 0 spiro atoms. The molecule has 0 atom stereocenters. The Morgan fingerprint density at radius 1 is 0.142 bits per heavy atom. The van der Waals surface area contributed by atoms with E-state index in [0.717, 1.165) is 0 Å². The molecule has 24 rings (SSSR count). The molecular weight excluding hydrogens is 1320 g/mol. The van der Waals surface area contributed by atoms with E-state index in [1.807, 2.05) is 22.7 Å². The van der Waals surface area contributed by atoms with Crippen LogP contribution in [0.4, 0.5) is 0 Å². The highest BCUT2D eigenvalue weighted by Gasteiger charge is 2.22. The molecule has 0 unspecified atom stereocenters. The van der Waals surface area contributed by atoms with E-state index in [1.165, 1.54) is 216 Å². The van der Waals surface area contributed by atoms with E-state index < -0.39 is 0 Å². The van der Waals surface area contributed by atoms with E-state index >= 15 is 0 Å². The second kappa shape index (κ2) is 23.1. The number of thiophene rings is 2. The molecule has 0 aliphatic carbocycles. The molecule has 0 aliphatic heterocycles. The lowest BCUT2D eigenvalue weighted by Gasteiger charge is -2.11. The van der Waals surface area contributed by atoms with E-state index in [-0.39, 0.29) is 0 Å². The van der Waals surface area contributed by atoms with Gasteiger partial charge in [-0.3, -0.25) is 0 Å². The molecule has 106 heavy (non-hydrogen) atoms. The van der Waals surface area contributed by atoms with Gasteiger partial charge in [0.15, 0.2) is 0 Å². The van der Waals surface area contributed by atoms with E-state index in [0.29, 0.717) is 0 Å². The third-order valence-electron chi connectivity index (χ3n) is 22.5. The summed E-state index contributed by atoms with van der Waals surface area (Å²) in [6.45, 7) is 0. The Morgan fingerprint density at radius 3 is 0.811 bits per heavy atom. The normalized spacial score (nSPS) is 12.2. The maximum absolute atomic E-state index is 2.47. The van der Waals surface area contributed by atoms with Crippen molar-refractivity contribution in [2.75, 3.05) is 0 Å².